The van der Waals surface area contributed by atoms with Crippen molar-refractivity contribution in [2.45, 2.75) is 13.8 Å². The van der Waals surface area contributed by atoms with Crippen molar-refractivity contribution < 1.29 is 27.8 Å². The molecule has 4 heterocycles. The number of nitrogens with zero attached hydrogens (tertiary/aromatic N) is 4. The van der Waals surface area contributed by atoms with Gasteiger partial charge in [-0.3, -0.25) is 19.0 Å². The summed E-state index contributed by atoms with van der Waals surface area (Å²) >= 11 is 0. The van der Waals surface area contributed by atoms with E-state index in [1.807, 2.05) is 6.07 Å². The summed E-state index contributed by atoms with van der Waals surface area (Å²) in [4.78, 5) is 42.4. The Morgan fingerprint density at radius 1 is 0.894 bits per heavy atom. The minimum Gasteiger partial charge on any atom is -0.493 e. The van der Waals surface area contributed by atoms with Gasteiger partial charge in [-0.15, -0.1) is 0 Å². The van der Waals surface area contributed by atoms with E-state index in [1.165, 1.54) is 66.3 Å². The van der Waals surface area contributed by atoms with E-state index in [0.29, 0.717) is 33.9 Å². The summed E-state index contributed by atoms with van der Waals surface area (Å²) in [6, 6.07) is 17.3. The van der Waals surface area contributed by atoms with Crippen LogP contribution in [0.3, 0.4) is 0 Å². The molecule has 2 aromatic carbocycles. The van der Waals surface area contributed by atoms with Crippen molar-refractivity contribution in [1.82, 2.24) is 19.2 Å². The van der Waals surface area contributed by atoms with Crippen LogP contribution in [0.4, 0.5) is 20.3 Å². The number of halogens is 2. The molecule has 0 atom stereocenters. The lowest BCUT2D eigenvalue weighted by Crippen LogP contribution is -2.29. The number of fused-ring (bicyclic) bond motifs is 1. The Labute approximate surface area is 266 Å². The molecule has 2 N–H and O–H groups in total. The van der Waals surface area contributed by atoms with Gasteiger partial charge in [-0.2, -0.15) is 5.10 Å². The first-order valence-electron chi connectivity index (χ1n) is 14.4. The number of aromatic nitrogens is 4. The lowest BCUT2D eigenvalue weighted by atomic mass is 10.1. The van der Waals surface area contributed by atoms with Crippen LogP contribution in [0.15, 0.2) is 102 Å². The van der Waals surface area contributed by atoms with E-state index in [-0.39, 0.29) is 35.3 Å². The van der Waals surface area contributed by atoms with Crippen molar-refractivity contribution in [3.05, 3.63) is 125 Å². The Morgan fingerprint density at radius 3 is 2.40 bits per heavy atom. The number of hydrogen-bond donors (Lipinski definition) is 2. The Balaban J connectivity index is 1.26. The molecule has 236 valence electrons. The fourth-order valence-corrected chi connectivity index (χ4v) is 4.92. The first-order valence-corrected chi connectivity index (χ1v) is 14.4. The third-order valence-electron chi connectivity index (χ3n) is 6.99. The number of rotatable bonds is 9. The van der Waals surface area contributed by atoms with Crippen LogP contribution in [-0.2, 0) is 4.79 Å². The number of hydrogen-bond acceptors (Lipinski definition) is 7. The normalized spacial score (nSPS) is 10.9. The molecule has 47 heavy (non-hydrogen) atoms. The molecule has 0 spiro atoms. The summed E-state index contributed by atoms with van der Waals surface area (Å²) in [5, 5.41) is 9.48. The predicted octanol–water partition coefficient (Wildman–Crippen LogP) is 6.23. The minimum atomic E-state index is -0.824. The zero-order valence-corrected chi connectivity index (χ0v) is 25.0. The number of benzene rings is 2. The van der Waals surface area contributed by atoms with Gasteiger partial charge in [-0.1, -0.05) is 0 Å². The molecule has 6 rings (SSSR count). The third-order valence-corrected chi connectivity index (χ3v) is 6.99. The molecule has 2 amide bonds. The van der Waals surface area contributed by atoms with Gasteiger partial charge in [0.15, 0.2) is 17.3 Å². The van der Waals surface area contributed by atoms with Gasteiger partial charge in [-0.25, -0.2) is 18.3 Å². The van der Waals surface area contributed by atoms with E-state index in [2.05, 4.69) is 20.7 Å². The van der Waals surface area contributed by atoms with Crippen LogP contribution >= 0.6 is 0 Å². The molecule has 0 radical (unpaired) electrons. The van der Waals surface area contributed by atoms with E-state index in [1.54, 1.807) is 42.0 Å². The van der Waals surface area contributed by atoms with Gasteiger partial charge in [0.1, 0.15) is 28.5 Å². The second kappa shape index (κ2) is 12.9. The highest BCUT2D eigenvalue weighted by atomic mass is 19.1. The quantitative estimate of drug-likeness (QED) is 0.193. The number of carbonyl (C=O) groups excluding carboxylic acids is 2. The van der Waals surface area contributed by atoms with E-state index in [0.717, 1.165) is 6.07 Å². The number of pyridine rings is 2. The average molecular weight is 637 g/mol. The van der Waals surface area contributed by atoms with Crippen LogP contribution in [0.1, 0.15) is 24.2 Å². The second-order valence-electron chi connectivity index (χ2n) is 10.2. The van der Waals surface area contributed by atoms with Crippen LogP contribution in [0, 0.1) is 11.6 Å². The monoisotopic (exact) mass is 636 g/mol. The molecule has 0 unspecified atom stereocenters. The molecule has 0 aliphatic carbocycles. The maximum Gasteiger partial charge on any atom is 0.271 e. The Bertz CT molecular complexity index is 2180. The lowest BCUT2D eigenvalue weighted by Gasteiger charge is -2.14. The van der Waals surface area contributed by atoms with Crippen molar-refractivity contribution in [2.75, 3.05) is 17.2 Å². The molecular weight excluding hydrogens is 610 g/mol. The zero-order valence-electron chi connectivity index (χ0n) is 25.0. The Kier molecular flexibility index (Phi) is 8.43. The summed E-state index contributed by atoms with van der Waals surface area (Å²) in [7, 11) is 0. The maximum atomic E-state index is 15.4. The van der Waals surface area contributed by atoms with E-state index >= 15 is 4.39 Å². The highest BCUT2D eigenvalue weighted by Crippen LogP contribution is 2.35. The topological polar surface area (TPSA) is 129 Å². The van der Waals surface area contributed by atoms with Gasteiger partial charge in [0, 0.05) is 60.1 Å². The maximum absolute atomic E-state index is 15.4. The summed E-state index contributed by atoms with van der Waals surface area (Å²) in [5.41, 5.74) is 1.36. The molecule has 4 aromatic heterocycles. The van der Waals surface area contributed by atoms with Crippen molar-refractivity contribution in [1.29, 1.82) is 0 Å². The fourth-order valence-electron chi connectivity index (χ4n) is 4.92. The summed E-state index contributed by atoms with van der Waals surface area (Å²) in [6.07, 6.45) is 6.24. The second-order valence-corrected chi connectivity index (χ2v) is 10.2. The molecule has 11 nitrogen and oxygen atoms in total. The molecule has 6 aromatic rings. The van der Waals surface area contributed by atoms with Gasteiger partial charge < -0.3 is 20.1 Å². The Hall–Kier alpha value is -6.37. The van der Waals surface area contributed by atoms with E-state index in [9.17, 15) is 18.8 Å². The van der Waals surface area contributed by atoms with Gasteiger partial charge in [-0.05, 0) is 67.6 Å². The zero-order chi connectivity index (χ0) is 33.1. The van der Waals surface area contributed by atoms with Crippen LogP contribution < -0.4 is 25.7 Å². The lowest BCUT2D eigenvalue weighted by molar-refractivity contribution is -0.114. The smallest absolute Gasteiger partial charge is 0.271 e. The first-order chi connectivity index (χ1) is 22.7. The van der Waals surface area contributed by atoms with Crippen molar-refractivity contribution >= 4 is 28.8 Å². The van der Waals surface area contributed by atoms with Crippen molar-refractivity contribution in [2.24, 2.45) is 0 Å². The van der Waals surface area contributed by atoms with E-state index in [4.69, 9.17) is 9.47 Å². The predicted molar refractivity (Wildman–Crippen MR) is 170 cm³/mol. The van der Waals surface area contributed by atoms with Crippen LogP contribution in [0.5, 0.6) is 17.2 Å². The van der Waals surface area contributed by atoms with E-state index < -0.39 is 23.1 Å². The van der Waals surface area contributed by atoms with Gasteiger partial charge >= 0.3 is 0 Å². The van der Waals surface area contributed by atoms with Gasteiger partial charge in [0.05, 0.1) is 12.8 Å². The van der Waals surface area contributed by atoms with Crippen LogP contribution in [0.25, 0.3) is 22.3 Å². The molecule has 0 aliphatic rings. The minimum absolute atomic E-state index is 0.0402. The number of nitrogens with one attached hydrogen (secondary N) is 2. The number of anilines is 2. The molecule has 13 heteroatoms. The standard InChI is InChI=1S/C34H26F2N6O5/c1-3-46-28-14-16-41(24-8-5-22(35)6-9-24)34(45)31(28)33(44)40-23-7-10-27(26(36)18-23)47-29-12-15-38-42-17-13-25(32(29)42)21-4-11-30(37-19-21)39-20(2)43/h4-19H,3H2,1-2H3,(H,40,44)(H,37,39,43). The third kappa shape index (κ3) is 6.40. The summed E-state index contributed by atoms with van der Waals surface area (Å²) < 4.78 is 43.2. The molecule has 0 bridgehead atoms. The Morgan fingerprint density at radius 2 is 1.70 bits per heavy atom. The van der Waals surface area contributed by atoms with Crippen molar-refractivity contribution in [3.63, 3.8) is 0 Å². The van der Waals surface area contributed by atoms with Gasteiger partial charge in [0.2, 0.25) is 5.91 Å². The largest absolute Gasteiger partial charge is 0.493 e. The summed E-state index contributed by atoms with van der Waals surface area (Å²) in [6.45, 7) is 3.28. The highest BCUT2D eigenvalue weighted by molar-refractivity contribution is 6.06. The number of carbonyl (C=O) groups is 2. The van der Waals surface area contributed by atoms with Crippen LogP contribution in [-0.4, -0.2) is 37.6 Å². The molecular formula is C34H26F2N6O5. The molecule has 0 saturated heterocycles. The molecule has 0 fully saturated rings. The number of amides is 2. The number of ether oxygens (including phenoxy) is 2. The fraction of sp³-hybridized carbons (Fsp3) is 0.0882. The van der Waals surface area contributed by atoms with Crippen LogP contribution in [0.2, 0.25) is 0 Å². The SMILES string of the molecule is CCOc1ccn(-c2ccc(F)cc2)c(=O)c1C(=O)Nc1ccc(Oc2ccnn3ccc(-c4ccc(NC(C)=O)nc4)c23)c(F)c1. The molecule has 0 saturated carbocycles. The van der Waals surface area contributed by atoms with Crippen molar-refractivity contribution in [3.8, 4) is 34.1 Å². The average Bonchev–Trinajstić information content (AvgIpc) is 3.48. The van der Waals surface area contributed by atoms with Gasteiger partial charge in [0.25, 0.3) is 11.5 Å². The first kappa shape index (κ1) is 30.6. The summed E-state index contributed by atoms with van der Waals surface area (Å²) in [5.74, 6) is -1.72. The highest BCUT2D eigenvalue weighted by Gasteiger charge is 2.21. The molecule has 0 aliphatic heterocycles.